The molecule has 0 fully saturated rings. The van der Waals surface area contributed by atoms with Gasteiger partial charge in [0.15, 0.2) is 0 Å². The zero-order chi connectivity index (χ0) is 11.0. The number of hydrogen-bond acceptors (Lipinski definition) is 2. The van der Waals surface area contributed by atoms with Gasteiger partial charge in [0.1, 0.15) is 0 Å². The van der Waals surface area contributed by atoms with E-state index in [-0.39, 0.29) is 11.9 Å². The molecule has 3 nitrogen and oxygen atoms in total. The Bertz CT molecular complexity index is 160. The quantitative estimate of drug-likeness (QED) is 0.709. The van der Waals surface area contributed by atoms with Crippen molar-refractivity contribution in [1.29, 1.82) is 0 Å². The minimum Gasteiger partial charge on any atom is -0.352 e. The molecule has 0 spiro atoms. The molecule has 0 saturated heterocycles. The second-order valence-corrected chi connectivity index (χ2v) is 4.19. The molecule has 0 aromatic heterocycles. The third-order valence-corrected chi connectivity index (χ3v) is 2.55. The molecule has 1 atom stereocenters. The van der Waals surface area contributed by atoms with E-state index in [1.54, 1.807) is 0 Å². The summed E-state index contributed by atoms with van der Waals surface area (Å²) in [6, 6.07) is 0.237. The number of alkyl halides is 1. The average molecular weight is 265 g/mol. The Morgan fingerprint density at radius 1 is 1.43 bits per heavy atom. The molecule has 0 aliphatic heterocycles. The number of hydrogen-bond donors (Lipinski definition) is 1. The van der Waals surface area contributed by atoms with Crippen LogP contribution in [0.25, 0.3) is 0 Å². The Hall–Kier alpha value is -0.0900. The molecule has 1 unspecified atom stereocenters. The fourth-order valence-corrected chi connectivity index (χ4v) is 1.71. The van der Waals surface area contributed by atoms with Crippen molar-refractivity contribution >= 4 is 21.8 Å². The first kappa shape index (κ1) is 13.9. The lowest BCUT2D eigenvalue weighted by atomic mass is 10.3. The van der Waals surface area contributed by atoms with Crippen LogP contribution in [0.1, 0.15) is 27.2 Å². The van der Waals surface area contributed by atoms with E-state index in [0.29, 0.717) is 6.42 Å². The van der Waals surface area contributed by atoms with Crippen molar-refractivity contribution in [3.8, 4) is 0 Å². The van der Waals surface area contributed by atoms with Crippen molar-refractivity contribution < 1.29 is 4.79 Å². The summed E-state index contributed by atoms with van der Waals surface area (Å²) in [5.41, 5.74) is 0. The first-order chi connectivity index (χ1) is 6.63. The summed E-state index contributed by atoms with van der Waals surface area (Å²) in [4.78, 5) is 13.6. The lowest BCUT2D eigenvalue weighted by molar-refractivity contribution is -0.121. The van der Waals surface area contributed by atoms with Crippen molar-refractivity contribution in [2.24, 2.45) is 0 Å². The van der Waals surface area contributed by atoms with Gasteiger partial charge in [-0.3, -0.25) is 4.79 Å². The van der Waals surface area contributed by atoms with E-state index in [1.807, 2.05) is 6.92 Å². The molecule has 4 heteroatoms. The van der Waals surface area contributed by atoms with Gasteiger partial charge in [-0.05, 0) is 20.0 Å². The molecule has 0 aliphatic rings. The van der Waals surface area contributed by atoms with Gasteiger partial charge in [-0.1, -0.05) is 29.8 Å². The molecule has 84 valence electrons. The SMILES string of the molecule is CCN(CC)CC(C)NC(=O)CCBr. The van der Waals surface area contributed by atoms with E-state index in [2.05, 4.69) is 40.0 Å². The van der Waals surface area contributed by atoms with Crippen LogP contribution in [-0.4, -0.2) is 41.8 Å². The predicted octanol–water partition coefficient (Wildman–Crippen LogP) is 1.62. The van der Waals surface area contributed by atoms with Gasteiger partial charge in [-0.2, -0.15) is 0 Å². The van der Waals surface area contributed by atoms with Crippen LogP contribution >= 0.6 is 15.9 Å². The van der Waals surface area contributed by atoms with Crippen LogP contribution < -0.4 is 5.32 Å². The first-order valence-corrected chi connectivity index (χ1v) is 6.33. The molecule has 0 aromatic carbocycles. The van der Waals surface area contributed by atoms with E-state index in [9.17, 15) is 4.79 Å². The van der Waals surface area contributed by atoms with Gasteiger partial charge in [-0.15, -0.1) is 0 Å². The molecule has 0 bridgehead atoms. The molecule has 1 amide bonds. The number of amides is 1. The van der Waals surface area contributed by atoms with Gasteiger partial charge in [0.05, 0.1) is 0 Å². The number of halogens is 1. The molecule has 0 aromatic rings. The van der Waals surface area contributed by atoms with Gasteiger partial charge in [0.2, 0.25) is 5.91 Å². The topological polar surface area (TPSA) is 32.3 Å². The highest BCUT2D eigenvalue weighted by atomic mass is 79.9. The summed E-state index contributed by atoms with van der Waals surface area (Å²) in [5, 5.41) is 3.70. The maximum Gasteiger partial charge on any atom is 0.221 e. The lowest BCUT2D eigenvalue weighted by Gasteiger charge is -2.23. The molecule has 0 radical (unpaired) electrons. The molecule has 0 heterocycles. The Labute approximate surface area is 95.4 Å². The van der Waals surface area contributed by atoms with E-state index in [1.165, 1.54) is 0 Å². The molecule has 0 saturated carbocycles. The Morgan fingerprint density at radius 2 is 2.00 bits per heavy atom. The smallest absolute Gasteiger partial charge is 0.221 e. The highest BCUT2D eigenvalue weighted by Crippen LogP contribution is 1.93. The summed E-state index contributed by atoms with van der Waals surface area (Å²) in [5.74, 6) is 0.126. The maximum atomic E-state index is 11.3. The monoisotopic (exact) mass is 264 g/mol. The summed E-state index contributed by atoms with van der Waals surface area (Å²) in [6.45, 7) is 9.32. The normalized spacial score (nSPS) is 12.9. The molecule has 14 heavy (non-hydrogen) atoms. The number of likely N-dealkylation sites (N-methyl/N-ethyl adjacent to an activating group) is 1. The van der Waals surface area contributed by atoms with Crippen LogP contribution in [0.4, 0.5) is 0 Å². The third kappa shape index (κ3) is 6.38. The number of nitrogens with one attached hydrogen (secondary N) is 1. The standard InChI is InChI=1S/C10H21BrN2O/c1-4-13(5-2)8-9(3)12-10(14)6-7-11/h9H,4-8H2,1-3H3,(H,12,14). The van der Waals surface area contributed by atoms with E-state index < -0.39 is 0 Å². The van der Waals surface area contributed by atoms with E-state index >= 15 is 0 Å². The first-order valence-electron chi connectivity index (χ1n) is 5.21. The van der Waals surface area contributed by atoms with Gasteiger partial charge in [0, 0.05) is 24.3 Å². The van der Waals surface area contributed by atoms with Gasteiger partial charge in [-0.25, -0.2) is 0 Å². The summed E-state index contributed by atoms with van der Waals surface area (Å²) >= 11 is 3.25. The van der Waals surface area contributed by atoms with Crippen molar-refractivity contribution in [3.63, 3.8) is 0 Å². The van der Waals surface area contributed by atoms with Crippen LogP contribution in [0, 0.1) is 0 Å². The number of nitrogens with zero attached hydrogens (tertiary/aromatic N) is 1. The predicted molar refractivity (Wildman–Crippen MR) is 63.8 cm³/mol. The van der Waals surface area contributed by atoms with E-state index in [4.69, 9.17) is 0 Å². The van der Waals surface area contributed by atoms with Crippen LogP contribution in [0.3, 0.4) is 0 Å². The molecular formula is C10H21BrN2O. The van der Waals surface area contributed by atoms with Gasteiger partial charge >= 0.3 is 0 Å². The van der Waals surface area contributed by atoms with Gasteiger partial charge in [0.25, 0.3) is 0 Å². The third-order valence-electron chi connectivity index (χ3n) is 2.16. The summed E-state index contributed by atoms with van der Waals surface area (Å²) in [7, 11) is 0. The van der Waals surface area contributed by atoms with Gasteiger partial charge < -0.3 is 10.2 Å². The van der Waals surface area contributed by atoms with Crippen molar-refractivity contribution in [2.75, 3.05) is 25.0 Å². The lowest BCUT2D eigenvalue weighted by Crippen LogP contribution is -2.41. The van der Waals surface area contributed by atoms with E-state index in [0.717, 1.165) is 25.0 Å². The summed E-state index contributed by atoms with van der Waals surface area (Å²) in [6.07, 6.45) is 0.558. The Kier molecular flexibility index (Phi) is 8.18. The highest BCUT2D eigenvalue weighted by molar-refractivity contribution is 9.09. The highest BCUT2D eigenvalue weighted by Gasteiger charge is 2.09. The molecule has 0 rings (SSSR count). The average Bonchev–Trinajstić information content (AvgIpc) is 2.14. The largest absolute Gasteiger partial charge is 0.352 e. The van der Waals surface area contributed by atoms with Crippen molar-refractivity contribution in [1.82, 2.24) is 10.2 Å². The number of carbonyl (C=O) groups is 1. The van der Waals surface area contributed by atoms with Crippen LogP contribution in [-0.2, 0) is 4.79 Å². The second-order valence-electron chi connectivity index (χ2n) is 3.39. The van der Waals surface area contributed by atoms with Crippen LogP contribution in [0.15, 0.2) is 0 Å². The second kappa shape index (κ2) is 8.24. The minimum atomic E-state index is 0.126. The minimum absolute atomic E-state index is 0.126. The van der Waals surface area contributed by atoms with Crippen LogP contribution in [0.2, 0.25) is 0 Å². The molecule has 0 aliphatic carbocycles. The molecular weight excluding hydrogens is 244 g/mol. The zero-order valence-electron chi connectivity index (χ0n) is 9.35. The molecule has 1 N–H and O–H groups in total. The summed E-state index contributed by atoms with van der Waals surface area (Å²) < 4.78 is 0. The Balaban J connectivity index is 3.72. The van der Waals surface area contributed by atoms with Crippen LogP contribution in [0.5, 0.6) is 0 Å². The number of carbonyl (C=O) groups excluding carboxylic acids is 1. The number of rotatable bonds is 7. The Morgan fingerprint density at radius 3 is 2.43 bits per heavy atom. The zero-order valence-corrected chi connectivity index (χ0v) is 10.9. The maximum absolute atomic E-state index is 11.3. The van der Waals surface area contributed by atoms with Crippen molar-refractivity contribution in [3.05, 3.63) is 0 Å². The fourth-order valence-electron chi connectivity index (χ4n) is 1.35. The fraction of sp³-hybridized carbons (Fsp3) is 0.900. The van der Waals surface area contributed by atoms with Crippen molar-refractivity contribution in [2.45, 2.75) is 33.2 Å².